The number of nitrogens with one attached hydrogen (secondary N) is 2. The van der Waals surface area contributed by atoms with Crippen LogP contribution in [0, 0.1) is 5.92 Å². The largest absolute Gasteiger partial charge is 0.472 e. The number of aliphatic imine (C=N–C) groups is 1. The maximum atomic E-state index is 5.02. The Morgan fingerprint density at radius 3 is 2.94 bits per heavy atom. The third-order valence-corrected chi connectivity index (χ3v) is 3.13. The van der Waals surface area contributed by atoms with Crippen LogP contribution in [0.3, 0.4) is 0 Å². The van der Waals surface area contributed by atoms with E-state index in [1.165, 1.54) is 19.3 Å². The molecule has 0 unspecified atom stereocenters. The van der Waals surface area contributed by atoms with Gasteiger partial charge in [-0.2, -0.15) is 0 Å². The molecule has 1 aliphatic carbocycles. The average molecular weight is 235 g/mol. The highest BCUT2D eigenvalue weighted by Gasteiger charge is 2.17. The van der Waals surface area contributed by atoms with Crippen molar-refractivity contribution in [1.82, 2.24) is 10.6 Å². The summed E-state index contributed by atoms with van der Waals surface area (Å²) < 4.78 is 5.02. The van der Waals surface area contributed by atoms with Crippen molar-refractivity contribution >= 4 is 5.96 Å². The molecule has 0 radical (unpaired) electrons. The van der Waals surface area contributed by atoms with Gasteiger partial charge in [0.25, 0.3) is 0 Å². The molecule has 1 aromatic heterocycles. The van der Waals surface area contributed by atoms with Gasteiger partial charge in [0.2, 0.25) is 0 Å². The Morgan fingerprint density at radius 1 is 1.47 bits per heavy atom. The van der Waals surface area contributed by atoms with Crippen LogP contribution in [0.1, 0.15) is 31.7 Å². The number of guanidine groups is 1. The van der Waals surface area contributed by atoms with E-state index >= 15 is 0 Å². The smallest absolute Gasteiger partial charge is 0.191 e. The Balaban J connectivity index is 1.79. The van der Waals surface area contributed by atoms with Crippen LogP contribution in [0.4, 0.5) is 0 Å². The van der Waals surface area contributed by atoms with Crippen molar-refractivity contribution in [2.45, 2.75) is 32.7 Å². The van der Waals surface area contributed by atoms with Crippen molar-refractivity contribution in [3.63, 3.8) is 0 Å². The lowest BCUT2D eigenvalue weighted by Crippen LogP contribution is -2.40. The van der Waals surface area contributed by atoms with E-state index in [2.05, 4.69) is 22.5 Å². The molecule has 0 saturated heterocycles. The van der Waals surface area contributed by atoms with Gasteiger partial charge in [-0.25, -0.2) is 4.99 Å². The minimum Gasteiger partial charge on any atom is -0.472 e. The number of hydrogen-bond acceptors (Lipinski definition) is 2. The van der Waals surface area contributed by atoms with Crippen LogP contribution < -0.4 is 10.6 Å². The summed E-state index contributed by atoms with van der Waals surface area (Å²) in [5.74, 6) is 1.74. The third-order valence-electron chi connectivity index (χ3n) is 3.13. The molecule has 2 rings (SSSR count). The molecule has 2 N–H and O–H groups in total. The standard InChI is InChI=1S/C13H21N3O/c1-2-14-13(15-8-11-4-3-5-11)16-9-12-6-7-17-10-12/h6-7,10-11H,2-5,8-9H2,1H3,(H2,14,15,16). The van der Waals surface area contributed by atoms with Crippen LogP contribution in [0.15, 0.2) is 28.0 Å². The lowest BCUT2D eigenvalue weighted by atomic mass is 9.85. The second-order valence-corrected chi connectivity index (χ2v) is 4.50. The van der Waals surface area contributed by atoms with E-state index in [1.807, 2.05) is 6.07 Å². The van der Waals surface area contributed by atoms with E-state index in [4.69, 9.17) is 4.42 Å². The number of hydrogen-bond donors (Lipinski definition) is 2. The molecule has 4 nitrogen and oxygen atoms in total. The van der Waals surface area contributed by atoms with Gasteiger partial charge in [-0.3, -0.25) is 0 Å². The molecule has 17 heavy (non-hydrogen) atoms. The Kier molecular flexibility index (Phi) is 4.47. The first-order valence-electron chi connectivity index (χ1n) is 6.41. The molecule has 1 fully saturated rings. The van der Waals surface area contributed by atoms with Crippen LogP contribution in [0.25, 0.3) is 0 Å². The quantitative estimate of drug-likeness (QED) is 0.607. The fraction of sp³-hybridized carbons (Fsp3) is 0.615. The summed E-state index contributed by atoms with van der Waals surface area (Å²) in [5.41, 5.74) is 1.10. The minimum absolute atomic E-state index is 0.663. The van der Waals surface area contributed by atoms with E-state index < -0.39 is 0 Å². The number of nitrogens with zero attached hydrogens (tertiary/aromatic N) is 1. The molecule has 94 valence electrons. The van der Waals surface area contributed by atoms with Gasteiger partial charge < -0.3 is 15.1 Å². The summed E-state index contributed by atoms with van der Waals surface area (Å²) in [4.78, 5) is 4.52. The van der Waals surface area contributed by atoms with E-state index in [0.717, 1.165) is 30.5 Å². The zero-order chi connectivity index (χ0) is 11.9. The van der Waals surface area contributed by atoms with E-state index in [-0.39, 0.29) is 0 Å². The van der Waals surface area contributed by atoms with E-state index in [9.17, 15) is 0 Å². The lowest BCUT2D eigenvalue weighted by molar-refractivity contribution is 0.314. The molecule has 1 heterocycles. The summed E-state index contributed by atoms with van der Waals surface area (Å²) in [6.07, 6.45) is 7.51. The Hall–Kier alpha value is -1.45. The molecule has 1 aliphatic rings. The zero-order valence-electron chi connectivity index (χ0n) is 10.4. The van der Waals surface area contributed by atoms with Crippen LogP contribution in [0.5, 0.6) is 0 Å². The first-order valence-corrected chi connectivity index (χ1v) is 6.41. The predicted octanol–water partition coefficient (Wildman–Crippen LogP) is 2.13. The Labute approximate surface area is 102 Å². The first kappa shape index (κ1) is 12.0. The molecule has 0 spiro atoms. The van der Waals surface area contributed by atoms with Crippen LogP contribution >= 0.6 is 0 Å². The fourth-order valence-electron chi connectivity index (χ4n) is 1.83. The van der Waals surface area contributed by atoms with Crippen molar-refractivity contribution in [1.29, 1.82) is 0 Å². The molecular formula is C13H21N3O. The number of furan rings is 1. The molecule has 1 aromatic rings. The SMILES string of the molecule is CCNC(=NCc1ccoc1)NCC1CCC1. The summed E-state index contributed by atoms with van der Waals surface area (Å²) >= 11 is 0. The van der Waals surface area contributed by atoms with Gasteiger partial charge in [0.1, 0.15) is 0 Å². The molecule has 0 aliphatic heterocycles. The molecular weight excluding hydrogens is 214 g/mol. The fourth-order valence-corrected chi connectivity index (χ4v) is 1.83. The normalized spacial score (nSPS) is 16.6. The highest BCUT2D eigenvalue weighted by molar-refractivity contribution is 5.79. The number of rotatable bonds is 5. The van der Waals surface area contributed by atoms with Crippen molar-refractivity contribution in [3.05, 3.63) is 24.2 Å². The molecule has 4 heteroatoms. The van der Waals surface area contributed by atoms with Crippen LogP contribution in [-0.4, -0.2) is 19.0 Å². The minimum atomic E-state index is 0.663. The van der Waals surface area contributed by atoms with Crippen molar-refractivity contribution in [2.75, 3.05) is 13.1 Å². The molecule has 0 atom stereocenters. The third kappa shape index (κ3) is 3.80. The second kappa shape index (κ2) is 6.33. The molecule has 0 bridgehead atoms. The second-order valence-electron chi connectivity index (χ2n) is 4.50. The topological polar surface area (TPSA) is 49.6 Å². The monoisotopic (exact) mass is 235 g/mol. The Morgan fingerprint density at radius 2 is 2.35 bits per heavy atom. The summed E-state index contributed by atoms with van der Waals surface area (Å²) in [6, 6.07) is 1.94. The van der Waals surface area contributed by atoms with E-state index in [0.29, 0.717) is 6.54 Å². The highest BCUT2D eigenvalue weighted by atomic mass is 16.3. The van der Waals surface area contributed by atoms with Gasteiger partial charge in [-0.1, -0.05) is 6.42 Å². The van der Waals surface area contributed by atoms with Gasteiger partial charge in [0.05, 0.1) is 19.1 Å². The first-order chi connectivity index (χ1) is 8.38. The van der Waals surface area contributed by atoms with Crippen molar-refractivity contribution < 1.29 is 4.42 Å². The zero-order valence-corrected chi connectivity index (χ0v) is 10.4. The Bertz CT molecular complexity index is 342. The van der Waals surface area contributed by atoms with E-state index in [1.54, 1.807) is 12.5 Å². The lowest BCUT2D eigenvalue weighted by Gasteiger charge is -2.26. The predicted molar refractivity (Wildman–Crippen MR) is 68.9 cm³/mol. The average Bonchev–Trinajstić information content (AvgIpc) is 2.76. The van der Waals surface area contributed by atoms with Gasteiger partial charge >= 0.3 is 0 Å². The summed E-state index contributed by atoms with van der Waals surface area (Å²) in [7, 11) is 0. The van der Waals surface area contributed by atoms with Crippen molar-refractivity contribution in [2.24, 2.45) is 10.9 Å². The molecule has 0 aromatic carbocycles. The highest BCUT2D eigenvalue weighted by Crippen LogP contribution is 2.24. The summed E-state index contributed by atoms with van der Waals surface area (Å²) in [5, 5.41) is 6.65. The molecule has 1 saturated carbocycles. The van der Waals surface area contributed by atoms with Crippen LogP contribution in [-0.2, 0) is 6.54 Å². The van der Waals surface area contributed by atoms with Gasteiger partial charge in [0.15, 0.2) is 5.96 Å². The van der Waals surface area contributed by atoms with Gasteiger partial charge in [-0.15, -0.1) is 0 Å². The van der Waals surface area contributed by atoms with Gasteiger partial charge in [-0.05, 0) is 31.7 Å². The summed E-state index contributed by atoms with van der Waals surface area (Å²) in [6.45, 7) is 4.67. The maximum absolute atomic E-state index is 5.02. The van der Waals surface area contributed by atoms with Crippen LogP contribution in [0.2, 0.25) is 0 Å². The van der Waals surface area contributed by atoms with Gasteiger partial charge in [0, 0.05) is 18.7 Å². The maximum Gasteiger partial charge on any atom is 0.191 e. The molecule has 0 amide bonds. The van der Waals surface area contributed by atoms with Crippen molar-refractivity contribution in [3.8, 4) is 0 Å².